The first-order valence-electron chi connectivity index (χ1n) is 5.07. The van der Waals surface area contributed by atoms with Crippen LogP contribution in [0.1, 0.15) is 17.0 Å². The first-order chi connectivity index (χ1) is 7.22. The highest BCUT2D eigenvalue weighted by Gasteiger charge is 2.18. The Morgan fingerprint density at radius 1 is 1.40 bits per heavy atom. The number of likely N-dealkylation sites (N-methyl/N-ethyl adjacent to an activating group) is 1. The monoisotopic (exact) mass is 208 g/mol. The molecule has 1 aliphatic rings. The number of hydrogen-bond donors (Lipinski definition) is 1. The summed E-state index contributed by atoms with van der Waals surface area (Å²) < 4.78 is 5.34. The van der Waals surface area contributed by atoms with E-state index in [1.54, 1.807) is 0 Å². The molecule has 0 spiro atoms. The van der Waals surface area contributed by atoms with Crippen LogP contribution < -0.4 is 10.6 Å². The van der Waals surface area contributed by atoms with Gasteiger partial charge in [-0.05, 0) is 6.92 Å². The van der Waals surface area contributed by atoms with Gasteiger partial charge in [0.05, 0.1) is 18.9 Å². The van der Waals surface area contributed by atoms with Crippen LogP contribution >= 0.6 is 0 Å². The number of nitrogens with two attached hydrogens (primary N) is 1. The summed E-state index contributed by atoms with van der Waals surface area (Å²) in [5, 5.41) is 0. The Hall–Kier alpha value is -1.20. The van der Waals surface area contributed by atoms with Crippen molar-refractivity contribution in [3.63, 3.8) is 0 Å². The highest BCUT2D eigenvalue weighted by atomic mass is 16.5. The zero-order valence-electron chi connectivity index (χ0n) is 9.16. The van der Waals surface area contributed by atoms with Gasteiger partial charge in [0, 0.05) is 31.4 Å². The Morgan fingerprint density at radius 3 is 2.93 bits per heavy atom. The van der Waals surface area contributed by atoms with Crippen LogP contribution in [0.4, 0.5) is 5.95 Å². The van der Waals surface area contributed by atoms with E-state index in [4.69, 9.17) is 10.5 Å². The summed E-state index contributed by atoms with van der Waals surface area (Å²) in [6.45, 7) is 4.60. The largest absolute Gasteiger partial charge is 0.370 e. The number of ether oxygens (including phenoxy) is 1. The number of fused-ring (bicyclic) bond motifs is 1. The summed E-state index contributed by atoms with van der Waals surface area (Å²) in [6.07, 6.45) is 0. The third-order valence-electron chi connectivity index (χ3n) is 2.58. The third kappa shape index (κ3) is 1.93. The molecule has 1 aromatic rings. The molecule has 0 saturated heterocycles. The maximum absolute atomic E-state index is 5.50. The van der Waals surface area contributed by atoms with E-state index < -0.39 is 0 Å². The van der Waals surface area contributed by atoms with Crippen LogP contribution in [-0.4, -0.2) is 30.1 Å². The number of aromatic nitrogens is 2. The quantitative estimate of drug-likeness (QED) is 0.769. The third-order valence-corrected chi connectivity index (χ3v) is 2.58. The SMILES string of the molecule is Cc1nc(N(C)CCN)nc2c1COC2. The van der Waals surface area contributed by atoms with Crippen molar-refractivity contribution in [1.29, 1.82) is 0 Å². The molecule has 0 unspecified atom stereocenters. The van der Waals surface area contributed by atoms with Gasteiger partial charge in [0.1, 0.15) is 0 Å². The average molecular weight is 208 g/mol. The van der Waals surface area contributed by atoms with Crippen molar-refractivity contribution in [3.05, 3.63) is 17.0 Å². The van der Waals surface area contributed by atoms with Crippen LogP contribution in [0, 0.1) is 6.92 Å². The molecule has 0 radical (unpaired) electrons. The molecule has 2 N–H and O–H groups in total. The highest BCUT2D eigenvalue weighted by Crippen LogP contribution is 2.22. The van der Waals surface area contributed by atoms with Crippen molar-refractivity contribution in [3.8, 4) is 0 Å². The van der Waals surface area contributed by atoms with E-state index in [0.29, 0.717) is 19.8 Å². The van der Waals surface area contributed by atoms with Gasteiger partial charge in [0.2, 0.25) is 5.95 Å². The zero-order chi connectivity index (χ0) is 10.8. The predicted octanol–water partition coefficient (Wildman–Crippen LogP) is 0.210. The molecule has 1 aromatic heterocycles. The van der Waals surface area contributed by atoms with Gasteiger partial charge < -0.3 is 15.4 Å². The second-order valence-electron chi connectivity index (χ2n) is 3.74. The Morgan fingerprint density at radius 2 is 2.20 bits per heavy atom. The van der Waals surface area contributed by atoms with E-state index in [2.05, 4.69) is 9.97 Å². The van der Waals surface area contributed by atoms with E-state index in [9.17, 15) is 0 Å². The van der Waals surface area contributed by atoms with Crippen molar-refractivity contribution in [1.82, 2.24) is 9.97 Å². The lowest BCUT2D eigenvalue weighted by atomic mass is 10.2. The summed E-state index contributed by atoms with van der Waals surface area (Å²) in [5.74, 6) is 0.738. The fourth-order valence-corrected chi connectivity index (χ4v) is 1.66. The molecule has 5 nitrogen and oxygen atoms in total. The van der Waals surface area contributed by atoms with Gasteiger partial charge >= 0.3 is 0 Å². The van der Waals surface area contributed by atoms with Gasteiger partial charge in [-0.3, -0.25) is 0 Å². The lowest BCUT2D eigenvalue weighted by Crippen LogP contribution is -2.27. The topological polar surface area (TPSA) is 64.3 Å². The van der Waals surface area contributed by atoms with Gasteiger partial charge in [-0.2, -0.15) is 0 Å². The normalized spacial score (nSPS) is 14.1. The second kappa shape index (κ2) is 4.12. The van der Waals surface area contributed by atoms with Gasteiger partial charge in [-0.25, -0.2) is 9.97 Å². The number of nitrogens with zero attached hydrogens (tertiary/aromatic N) is 3. The maximum Gasteiger partial charge on any atom is 0.225 e. The molecule has 0 saturated carbocycles. The molecule has 0 aliphatic carbocycles. The summed E-state index contributed by atoms with van der Waals surface area (Å²) >= 11 is 0. The van der Waals surface area contributed by atoms with Crippen LogP contribution in [0.2, 0.25) is 0 Å². The van der Waals surface area contributed by atoms with Crippen molar-refractivity contribution in [2.24, 2.45) is 5.73 Å². The minimum Gasteiger partial charge on any atom is -0.370 e. The fourth-order valence-electron chi connectivity index (χ4n) is 1.66. The van der Waals surface area contributed by atoms with Gasteiger partial charge in [0.15, 0.2) is 0 Å². The molecule has 15 heavy (non-hydrogen) atoms. The summed E-state index contributed by atoms with van der Waals surface area (Å²) in [4.78, 5) is 10.9. The fraction of sp³-hybridized carbons (Fsp3) is 0.600. The van der Waals surface area contributed by atoms with Crippen LogP contribution in [0.3, 0.4) is 0 Å². The van der Waals surface area contributed by atoms with Crippen LogP contribution in [0.5, 0.6) is 0 Å². The Kier molecular flexibility index (Phi) is 2.83. The molecular weight excluding hydrogens is 192 g/mol. The summed E-state index contributed by atoms with van der Waals surface area (Å²) in [6, 6.07) is 0. The smallest absolute Gasteiger partial charge is 0.225 e. The average Bonchev–Trinajstić information content (AvgIpc) is 2.66. The lowest BCUT2D eigenvalue weighted by Gasteiger charge is -2.17. The molecule has 2 rings (SSSR count). The molecule has 0 atom stereocenters. The molecule has 5 heteroatoms. The number of aryl methyl sites for hydroxylation is 1. The van der Waals surface area contributed by atoms with E-state index >= 15 is 0 Å². The lowest BCUT2D eigenvalue weighted by molar-refractivity contribution is 0.133. The number of rotatable bonds is 3. The van der Waals surface area contributed by atoms with Gasteiger partial charge in [0.25, 0.3) is 0 Å². The van der Waals surface area contributed by atoms with Crippen LogP contribution in [-0.2, 0) is 18.0 Å². The molecule has 2 heterocycles. The minimum atomic E-state index is 0.599. The minimum absolute atomic E-state index is 0.599. The standard InChI is InChI=1S/C10H16N4O/c1-7-8-5-15-6-9(8)13-10(12-7)14(2)4-3-11/h3-6,11H2,1-2H3. The van der Waals surface area contributed by atoms with Crippen LogP contribution in [0.25, 0.3) is 0 Å². The molecular formula is C10H16N4O. The van der Waals surface area contributed by atoms with E-state index in [1.807, 2.05) is 18.9 Å². The Labute approximate surface area is 89.3 Å². The number of hydrogen-bond acceptors (Lipinski definition) is 5. The van der Waals surface area contributed by atoms with Gasteiger partial charge in [-0.15, -0.1) is 0 Å². The van der Waals surface area contributed by atoms with Crippen LogP contribution in [0.15, 0.2) is 0 Å². The van der Waals surface area contributed by atoms with Crippen molar-refractivity contribution in [2.75, 3.05) is 25.0 Å². The number of anilines is 1. The molecule has 0 amide bonds. The summed E-state index contributed by atoms with van der Waals surface area (Å²) in [5.41, 5.74) is 8.66. The molecule has 0 aromatic carbocycles. The molecule has 82 valence electrons. The molecule has 0 bridgehead atoms. The second-order valence-corrected chi connectivity index (χ2v) is 3.74. The summed E-state index contributed by atoms with van der Waals surface area (Å²) in [7, 11) is 1.95. The molecule has 0 fully saturated rings. The maximum atomic E-state index is 5.50. The van der Waals surface area contributed by atoms with Crippen molar-refractivity contribution < 1.29 is 4.74 Å². The van der Waals surface area contributed by atoms with E-state index in [-0.39, 0.29) is 0 Å². The Bertz CT molecular complexity index is 367. The van der Waals surface area contributed by atoms with Gasteiger partial charge in [-0.1, -0.05) is 0 Å². The highest BCUT2D eigenvalue weighted by molar-refractivity contribution is 5.36. The van der Waals surface area contributed by atoms with E-state index in [1.165, 1.54) is 0 Å². The first kappa shape index (κ1) is 10.3. The zero-order valence-corrected chi connectivity index (χ0v) is 9.16. The molecule has 1 aliphatic heterocycles. The van der Waals surface area contributed by atoms with Crippen molar-refractivity contribution in [2.45, 2.75) is 20.1 Å². The van der Waals surface area contributed by atoms with E-state index in [0.717, 1.165) is 29.4 Å². The predicted molar refractivity (Wildman–Crippen MR) is 57.6 cm³/mol. The van der Waals surface area contributed by atoms with Crippen molar-refractivity contribution >= 4 is 5.95 Å². The Balaban J connectivity index is 2.30. The first-order valence-corrected chi connectivity index (χ1v) is 5.07.